The number of fused-ring (bicyclic) bond motifs is 1. The fourth-order valence-electron chi connectivity index (χ4n) is 6.38. The molecule has 0 saturated carbocycles. The van der Waals surface area contributed by atoms with Gasteiger partial charge in [-0.15, -0.1) is 18.3 Å². The highest BCUT2D eigenvalue weighted by Gasteiger charge is 2.75. The Morgan fingerprint density at radius 3 is 2.57 bits per heavy atom. The molecular formula is C29H38N2O5S. The molecule has 2 amide bonds. The second-order valence-corrected chi connectivity index (χ2v) is 12.8. The second kappa shape index (κ2) is 10.7. The van der Waals surface area contributed by atoms with E-state index in [1.54, 1.807) is 27.6 Å². The van der Waals surface area contributed by atoms with Crippen molar-refractivity contribution >= 4 is 29.5 Å². The highest BCUT2D eigenvalue weighted by atomic mass is 32.2. The molecule has 0 aromatic heterocycles. The van der Waals surface area contributed by atoms with Crippen molar-refractivity contribution in [3.8, 4) is 0 Å². The lowest BCUT2D eigenvalue weighted by Gasteiger charge is -2.43. The molecule has 0 radical (unpaired) electrons. The summed E-state index contributed by atoms with van der Waals surface area (Å²) < 4.78 is 4.69. The summed E-state index contributed by atoms with van der Waals surface area (Å²) in [6.07, 6.45) is 5.01. The van der Waals surface area contributed by atoms with Gasteiger partial charge in [0.15, 0.2) is 0 Å². The molecule has 7 nitrogen and oxygen atoms in total. The predicted octanol–water partition coefficient (Wildman–Crippen LogP) is 3.22. The maximum atomic E-state index is 14.4. The van der Waals surface area contributed by atoms with Gasteiger partial charge in [0.2, 0.25) is 11.8 Å². The van der Waals surface area contributed by atoms with Crippen molar-refractivity contribution in [2.45, 2.75) is 67.7 Å². The lowest BCUT2D eigenvalue weighted by Crippen LogP contribution is -2.60. The smallest absolute Gasteiger partial charge is 0.311 e. The quantitative estimate of drug-likeness (QED) is 0.372. The molecule has 3 saturated heterocycles. The van der Waals surface area contributed by atoms with Crippen molar-refractivity contribution in [1.29, 1.82) is 0 Å². The molecule has 1 spiro atoms. The average molecular weight is 527 g/mol. The van der Waals surface area contributed by atoms with Gasteiger partial charge in [0.1, 0.15) is 12.6 Å². The Hall–Kier alpha value is -2.58. The Kier molecular flexibility index (Phi) is 7.91. The van der Waals surface area contributed by atoms with Crippen LogP contribution in [0.4, 0.5) is 0 Å². The van der Waals surface area contributed by atoms with E-state index in [9.17, 15) is 19.5 Å². The number of nitrogens with zero attached hydrogens (tertiary/aromatic N) is 2. The van der Waals surface area contributed by atoms with E-state index in [-0.39, 0.29) is 30.3 Å². The van der Waals surface area contributed by atoms with Gasteiger partial charge >= 0.3 is 5.97 Å². The normalized spacial score (nSPS) is 29.1. The topological polar surface area (TPSA) is 87.2 Å². The van der Waals surface area contributed by atoms with E-state index in [4.69, 9.17) is 4.74 Å². The van der Waals surface area contributed by atoms with Crippen LogP contribution in [0.1, 0.15) is 39.2 Å². The molecule has 8 heteroatoms. The fourth-order valence-corrected chi connectivity index (χ4v) is 8.56. The summed E-state index contributed by atoms with van der Waals surface area (Å²) in [5.74, 6) is -2.10. The number of hydrogen-bond acceptors (Lipinski definition) is 6. The van der Waals surface area contributed by atoms with Crippen molar-refractivity contribution in [3.05, 3.63) is 61.2 Å². The number of carbonyl (C=O) groups excluding carboxylic acids is 3. The molecule has 3 aliphatic rings. The molecule has 3 heterocycles. The number of hydrogen-bond donors (Lipinski definition) is 1. The summed E-state index contributed by atoms with van der Waals surface area (Å²) in [5.41, 5.74) is 0.458. The molecule has 1 aromatic rings. The monoisotopic (exact) mass is 526 g/mol. The number of carbonyl (C=O) groups is 3. The first-order valence-electron chi connectivity index (χ1n) is 13.0. The van der Waals surface area contributed by atoms with Crippen LogP contribution in [-0.4, -0.2) is 80.1 Å². The first kappa shape index (κ1) is 27.5. The highest BCUT2D eigenvalue weighted by molar-refractivity contribution is 8.02. The highest BCUT2D eigenvalue weighted by Crippen LogP contribution is 2.67. The largest absolute Gasteiger partial charge is 0.461 e. The number of benzene rings is 1. The van der Waals surface area contributed by atoms with Gasteiger partial charge in [0.05, 0.1) is 29.2 Å². The number of esters is 1. The SMILES string of the molecule is C=CCOC(=O)[C@@H]1[C@@H]2CCC3(S2)C(C(=O)N(CC=C)C(C)(C)C)N([C@@H](CO)Cc2ccccc2)C(=O)[C@H]13. The van der Waals surface area contributed by atoms with Crippen LogP contribution in [0.3, 0.4) is 0 Å². The number of rotatable bonds is 10. The average Bonchev–Trinajstić information content (AvgIpc) is 3.51. The van der Waals surface area contributed by atoms with E-state index in [1.165, 1.54) is 6.08 Å². The second-order valence-electron chi connectivity index (χ2n) is 11.2. The molecule has 1 aromatic carbocycles. The number of thioether (sulfide) groups is 1. The summed E-state index contributed by atoms with van der Waals surface area (Å²) in [6.45, 7) is 13.5. The molecule has 6 atom stereocenters. The Labute approximate surface area is 223 Å². The van der Waals surface area contributed by atoms with Crippen molar-refractivity contribution in [1.82, 2.24) is 9.80 Å². The molecule has 37 heavy (non-hydrogen) atoms. The number of aliphatic hydroxyl groups is 1. The van der Waals surface area contributed by atoms with E-state index in [0.717, 1.165) is 12.0 Å². The minimum atomic E-state index is -0.794. The number of ether oxygens (including phenoxy) is 1. The van der Waals surface area contributed by atoms with E-state index in [0.29, 0.717) is 19.4 Å². The maximum absolute atomic E-state index is 14.4. The van der Waals surface area contributed by atoms with Crippen LogP contribution in [0, 0.1) is 11.8 Å². The third-order valence-corrected chi connectivity index (χ3v) is 9.85. The zero-order valence-electron chi connectivity index (χ0n) is 22.0. The maximum Gasteiger partial charge on any atom is 0.311 e. The Morgan fingerprint density at radius 2 is 1.97 bits per heavy atom. The zero-order valence-corrected chi connectivity index (χ0v) is 22.8. The minimum Gasteiger partial charge on any atom is -0.461 e. The van der Waals surface area contributed by atoms with Gasteiger partial charge in [-0.2, -0.15) is 0 Å². The first-order chi connectivity index (χ1) is 17.6. The van der Waals surface area contributed by atoms with Crippen LogP contribution in [0.5, 0.6) is 0 Å². The number of aliphatic hydroxyl groups excluding tert-OH is 1. The number of likely N-dealkylation sites (tertiary alicyclic amines) is 1. The molecule has 1 N–H and O–H groups in total. The van der Waals surface area contributed by atoms with Crippen molar-refractivity contribution < 1.29 is 24.2 Å². The zero-order chi connectivity index (χ0) is 27.0. The van der Waals surface area contributed by atoms with Crippen molar-refractivity contribution in [2.24, 2.45) is 11.8 Å². The molecular weight excluding hydrogens is 488 g/mol. The third-order valence-electron chi connectivity index (χ3n) is 7.89. The fraction of sp³-hybridized carbons (Fsp3) is 0.552. The van der Waals surface area contributed by atoms with Gasteiger partial charge in [-0.25, -0.2) is 0 Å². The van der Waals surface area contributed by atoms with E-state index >= 15 is 0 Å². The lowest BCUT2D eigenvalue weighted by molar-refractivity contribution is -0.153. The summed E-state index contributed by atoms with van der Waals surface area (Å²) in [4.78, 5) is 45.3. The Bertz CT molecular complexity index is 1050. The summed E-state index contributed by atoms with van der Waals surface area (Å²) in [5, 5.41) is 10.5. The molecule has 3 aliphatic heterocycles. The van der Waals surface area contributed by atoms with Gasteiger partial charge in [-0.05, 0) is 45.6 Å². The minimum absolute atomic E-state index is 0.0760. The van der Waals surface area contributed by atoms with E-state index in [2.05, 4.69) is 13.2 Å². The molecule has 2 unspecified atom stereocenters. The van der Waals surface area contributed by atoms with Crippen LogP contribution in [-0.2, 0) is 25.5 Å². The molecule has 2 bridgehead atoms. The number of amides is 2. The van der Waals surface area contributed by atoms with Gasteiger partial charge in [-0.3, -0.25) is 14.4 Å². The van der Waals surface area contributed by atoms with Crippen LogP contribution >= 0.6 is 11.8 Å². The van der Waals surface area contributed by atoms with Crippen LogP contribution in [0.25, 0.3) is 0 Å². The van der Waals surface area contributed by atoms with Crippen molar-refractivity contribution in [3.63, 3.8) is 0 Å². The van der Waals surface area contributed by atoms with Gasteiger partial charge < -0.3 is 19.6 Å². The molecule has 4 rings (SSSR count). The van der Waals surface area contributed by atoms with Crippen LogP contribution < -0.4 is 0 Å². The summed E-state index contributed by atoms with van der Waals surface area (Å²) >= 11 is 1.60. The summed E-state index contributed by atoms with van der Waals surface area (Å²) in [6, 6.07) is 8.26. The standard InChI is InChI=1S/C29H38N2O5S/c1-6-15-30(28(3,4)5)26(34)24-29-14-13-21(37-29)22(27(35)36-16-7-2)23(29)25(33)31(24)20(18-32)17-19-11-9-8-10-12-19/h6-12,20-24,32H,1-2,13-18H2,3-5H3/t20-,21+,22-,23+,24?,29?/m1/s1. The predicted molar refractivity (Wildman–Crippen MR) is 145 cm³/mol. The van der Waals surface area contributed by atoms with Crippen molar-refractivity contribution in [2.75, 3.05) is 19.8 Å². The van der Waals surface area contributed by atoms with Gasteiger partial charge in [-0.1, -0.05) is 49.1 Å². The lowest BCUT2D eigenvalue weighted by atomic mass is 9.71. The summed E-state index contributed by atoms with van der Waals surface area (Å²) in [7, 11) is 0. The van der Waals surface area contributed by atoms with Gasteiger partial charge in [0, 0.05) is 17.3 Å². The van der Waals surface area contributed by atoms with E-state index < -0.39 is 40.2 Å². The third kappa shape index (κ3) is 4.74. The van der Waals surface area contributed by atoms with E-state index in [1.807, 2.05) is 51.1 Å². The Morgan fingerprint density at radius 1 is 1.27 bits per heavy atom. The first-order valence-corrected chi connectivity index (χ1v) is 13.8. The molecule has 3 fully saturated rings. The Balaban J connectivity index is 1.80. The molecule has 0 aliphatic carbocycles. The van der Waals surface area contributed by atoms with Crippen LogP contribution in [0.2, 0.25) is 0 Å². The van der Waals surface area contributed by atoms with Gasteiger partial charge in [0.25, 0.3) is 0 Å². The van der Waals surface area contributed by atoms with Crippen LogP contribution in [0.15, 0.2) is 55.6 Å². The molecule has 200 valence electrons.